The van der Waals surface area contributed by atoms with Crippen LogP contribution in [-0.2, 0) is 99.4 Å². The van der Waals surface area contributed by atoms with Gasteiger partial charge in [0.15, 0.2) is 5.78 Å². The van der Waals surface area contributed by atoms with E-state index in [-0.39, 0.29) is 48.2 Å². The van der Waals surface area contributed by atoms with E-state index in [0.29, 0.717) is 38.8 Å². The molecule has 0 spiro atoms. The molecule has 0 aliphatic heterocycles. The van der Waals surface area contributed by atoms with Crippen LogP contribution in [0.2, 0.25) is 0 Å². The van der Waals surface area contributed by atoms with E-state index in [1.54, 1.807) is 58.9 Å². The lowest BCUT2D eigenvalue weighted by Crippen LogP contribution is -2.17. The minimum absolute atomic E-state index is 0.116. The van der Waals surface area contributed by atoms with Crippen molar-refractivity contribution in [3.8, 4) is 0 Å². The molecule has 0 aliphatic carbocycles. The lowest BCUT2D eigenvalue weighted by molar-refractivity contribution is -0.140. The van der Waals surface area contributed by atoms with Gasteiger partial charge in [-0.05, 0) is 171 Å². The Bertz CT molecular complexity index is 4780. The predicted octanol–water partition coefficient (Wildman–Crippen LogP) is 16.7. The number of hydrogen-bond donors (Lipinski definition) is 6. The van der Waals surface area contributed by atoms with Crippen LogP contribution in [0, 0.1) is 38.2 Å². The van der Waals surface area contributed by atoms with Gasteiger partial charge in [0.1, 0.15) is 47.5 Å². The summed E-state index contributed by atoms with van der Waals surface area (Å²) in [7, 11) is -26.9. The summed E-state index contributed by atoms with van der Waals surface area (Å²) in [6, 6.07) is 18.9. The smallest absolute Gasteiger partial charge is 0.417 e. The first-order valence-corrected chi connectivity index (χ1v) is 38.5. The van der Waals surface area contributed by atoms with Crippen LogP contribution in [0.4, 0.5) is 26.3 Å². The van der Waals surface area contributed by atoms with Crippen LogP contribution in [-0.4, -0.2) is 83.6 Å². The van der Waals surface area contributed by atoms with E-state index in [2.05, 4.69) is 0 Å². The second kappa shape index (κ2) is 31.3. The lowest BCUT2D eigenvalue weighted by Gasteiger charge is -2.22. The van der Waals surface area contributed by atoms with Crippen molar-refractivity contribution < 1.29 is 113 Å². The molecule has 1 aromatic heterocycles. The molecule has 32 heteroatoms. The Hall–Kier alpha value is -6.43. The summed E-state index contributed by atoms with van der Waals surface area (Å²) in [5.41, 5.74) is 3.31. The lowest BCUT2D eigenvalue weighted by atomic mass is 9.83. The van der Waals surface area contributed by atoms with Gasteiger partial charge in [0, 0.05) is 16.5 Å². The fourth-order valence-corrected chi connectivity index (χ4v) is 13.6. The molecule has 7 rings (SSSR count). The Kier molecular flexibility index (Phi) is 28.0. The SMILES string of the molecule is CC(=O)c1cc(S(=O)(=O)O)ccc1C(C)(C)C.CC(C)(C)c1ccc(S(=O)(=O)O)c(C(F)(F)F)c1.CC(C)(C)c1ccc(S(=O)(=O)O)c2ccoc12.Cc1cc(C(C)(C)C)cc(F)c1S(=O)(=O)O.Cc1cc(S(=O)(=O)O)c(F)cc1C(C)(C)C.Cc1cc(S(=O)(=O)O)c(F)cc1C(C)(C)C. The van der Waals surface area contributed by atoms with Crippen LogP contribution in [0.25, 0.3) is 11.0 Å². The molecule has 0 unspecified atom stereocenters. The maximum absolute atomic E-state index is 13.6. The van der Waals surface area contributed by atoms with Crippen LogP contribution in [0.5, 0.6) is 0 Å². The van der Waals surface area contributed by atoms with Crippen LogP contribution < -0.4 is 0 Å². The number of ketones is 1. The number of benzene rings is 6. The quantitative estimate of drug-likeness (QED) is 0.0490. The van der Waals surface area contributed by atoms with Crippen molar-refractivity contribution in [1.29, 1.82) is 0 Å². The molecule has 0 fully saturated rings. The number of carbonyl (C=O) groups is 1. The minimum atomic E-state index is -4.90. The van der Waals surface area contributed by atoms with Gasteiger partial charge >= 0.3 is 6.18 Å². The molecule has 558 valence electrons. The van der Waals surface area contributed by atoms with Crippen molar-refractivity contribution >= 4 is 77.5 Å². The van der Waals surface area contributed by atoms with E-state index in [4.69, 9.17) is 31.7 Å². The van der Waals surface area contributed by atoms with Gasteiger partial charge in [0.05, 0.1) is 16.7 Å². The molecule has 0 saturated carbocycles. The van der Waals surface area contributed by atoms with E-state index in [0.717, 1.165) is 52.6 Å². The van der Waals surface area contributed by atoms with Crippen LogP contribution in [0.3, 0.4) is 0 Å². The molecule has 100 heavy (non-hydrogen) atoms. The Morgan fingerprint density at radius 1 is 0.360 bits per heavy atom. The van der Waals surface area contributed by atoms with Crippen molar-refractivity contribution in [3.05, 3.63) is 176 Å². The normalized spacial score (nSPS) is 13.0. The molecule has 1 heterocycles. The number of aryl methyl sites for hydroxylation is 3. The Morgan fingerprint density at radius 3 is 1.06 bits per heavy atom. The monoisotopic (exact) mass is 1530 g/mol. The topological polar surface area (TPSA) is 356 Å². The van der Waals surface area contributed by atoms with Crippen molar-refractivity contribution in [2.75, 3.05) is 0 Å². The number of hydrogen-bond acceptors (Lipinski definition) is 14. The van der Waals surface area contributed by atoms with Gasteiger partial charge in [-0.2, -0.15) is 63.7 Å². The molecular weight excluding hydrogens is 1440 g/mol. The second-order valence-corrected chi connectivity index (χ2v) is 37.7. The largest absolute Gasteiger partial charge is 0.464 e. The van der Waals surface area contributed by atoms with E-state index >= 15 is 0 Å². The number of furan rings is 1. The summed E-state index contributed by atoms with van der Waals surface area (Å²) in [6.07, 6.45) is -3.42. The van der Waals surface area contributed by atoms with Crippen molar-refractivity contribution in [3.63, 3.8) is 0 Å². The number of alkyl halides is 3. The number of Topliss-reactive ketones (excluding diaryl/α,β-unsaturated/α-hetero) is 1. The standard InChI is InChI=1S/C12H14O4S.C12H16O4S.C11H13F3O3S.3C11H15FO3S/c1-12(2,3)9-4-5-10(17(13,14)15)8-6-7-16-11(8)9;1-8(13)10-7-9(17(14,15)16)5-6-11(10)12(2,3)4;1-10(2,3)7-4-5-9(18(15,16)17)8(6-7)11(12,13)14;2*1-7-5-10(16(13,14)15)9(12)6-8(7)11(2,3)4;1-7-5-8(11(2,3)4)6-9(12)10(7)16(13,14)15/h4-7H,1-3H3,(H,13,14,15);5-7H,1-4H3,(H,14,15,16);4-6H,1-3H3,(H,15,16,17);3*5-6H,1-4H3,(H,13,14,15). The first-order valence-electron chi connectivity index (χ1n) is 29.8. The third kappa shape index (κ3) is 25.2. The van der Waals surface area contributed by atoms with Gasteiger partial charge in [-0.15, -0.1) is 0 Å². The fourth-order valence-electron chi connectivity index (χ4n) is 9.74. The zero-order chi connectivity index (χ0) is 78.8. The average Bonchev–Trinajstić information content (AvgIpc) is 1.48. The van der Waals surface area contributed by atoms with Crippen LogP contribution >= 0.6 is 0 Å². The highest BCUT2D eigenvalue weighted by atomic mass is 32.2. The number of halogens is 6. The van der Waals surface area contributed by atoms with Gasteiger partial charge in [-0.3, -0.25) is 32.1 Å². The number of fused-ring (bicyclic) bond motifs is 1. The number of rotatable bonds is 7. The third-order valence-corrected chi connectivity index (χ3v) is 20.1. The minimum Gasteiger partial charge on any atom is -0.464 e. The van der Waals surface area contributed by atoms with E-state index in [9.17, 15) is 81.6 Å². The third-order valence-electron chi connectivity index (χ3n) is 14.7. The Balaban J connectivity index is 0.000000408. The highest BCUT2D eigenvalue weighted by Gasteiger charge is 2.38. The molecule has 0 saturated heterocycles. The Morgan fingerprint density at radius 2 is 0.740 bits per heavy atom. The van der Waals surface area contributed by atoms with Crippen LogP contribution in [0.1, 0.15) is 198 Å². The zero-order valence-corrected chi connectivity index (χ0v) is 64.3. The highest BCUT2D eigenvalue weighted by molar-refractivity contribution is 7.87. The van der Waals surface area contributed by atoms with E-state index < -0.39 is 115 Å². The zero-order valence-electron chi connectivity index (χ0n) is 59.4. The summed E-state index contributed by atoms with van der Waals surface area (Å²) in [5, 5.41) is 0.417. The molecule has 0 atom stereocenters. The van der Waals surface area contributed by atoms with Gasteiger partial charge in [-0.1, -0.05) is 149 Å². The van der Waals surface area contributed by atoms with Crippen molar-refractivity contribution in [2.24, 2.45) is 0 Å². The summed E-state index contributed by atoms with van der Waals surface area (Å²) in [4.78, 5) is 8.05. The van der Waals surface area contributed by atoms with E-state index in [1.807, 2.05) is 104 Å². The average molecular weight is 1530 g/mol. The predicted molar refractivity (Wildman–Crippen MR) is 369 cm³/mol. The van der Waals surface area contributed by atoms with Crippen molar-refractivity contribution in [1.82, 2.24) is 0 Å². The molecule has 20 nitrogen and oxygen atoms in total. The van der Waals surface area contributed by atoms with Gasteiger partial charge in [0.2, 0.25) is 0 Å². The molecule has 0 aliphatic rings. The number of carbonyl (C=O) groups excluding carboxylic acids is 1. The summed E-state index contributed by atoms with van der Waals surface area (Å²) >= 11 is 0. The fraction of sp³-hybridized carbons (Fsp3) is 0.426. The summed E-state index contributed by atoms with van der Waals surface area (Å²) in [5.74, 6) is -2.97. The van der Waals surface area contributed by atoms with Crippen LogP contribution in [0.15, 0.2) is 131 Å². The highest BCUT2D eigenvalue weighted by Crippen LogP contribution is 2.39. The first-order chi connectivity index (χ1) is 44.2. The molecule has 0 radical (unpaired) electrons. The molecular formula is C68H88F6O20S6. The maximum Gasteiger partial charge on any atom is 0.417 e. The molecule has 0 amide bonds. The second-order valence-electron chi connectivity index (χ2n) is 29.4. The summed E-state index contributed by atoms with van der Waals surface area (Å²) < 4.78 is 269. The van der Waals surface area contributed by atoms with E-state index in [1.165, 1.54) is 56.5 Å². The maximum atomic E-state index is 13.6. The molecule has 6 N–H and O–H groups in total. The van der Waals surface area contributed by atoms with Crippen molar-refractivity contribution in [2.45, 2.75) is 220 Å². The molecule has 6 aromatic carbocycles. The Labute approximate surface area is 583 Å². The van der Waals surface area contributed by atoms with Gasteiger partial charge < -0.3 is 4.42 Å². The molecule has 0 bridgehead atoms. The van der Waals surface area contributed by atoms with Gasteiger partial charge in [0.25, 0.3) is 60.7 Å². The first kappa shape index (κ1) is 89.7. The summed E-state index contributed by atoms with van der Waals surface area (Å²) in [6.45, 7) is 40.3. The van der Waals surface area contributed by atoms with Gasteiger partial charge in [-0.25, -0.2) is 13.2 Å². The molecule has 7 aromatic rings.